The molecule has 0 aliphatic rings. The lowest BCUT2D eigenvalue weighted by Gasteiger charge is -2.33. The zero-order chi connectivity index (χ0) is 30.2. The van der Waals surface area contributed by atoms with Crippen molar-refractivity contribution in [2.45, 2.75) is 64.4 Å². The Morgan fingerprint density at radius 3 is 2.22 bits per heavy atom. The number of anilines is 1. The number of carbonyl (C=O) groups excluding carboxylic acids is 2. The van der Waals surface area contributed by atoms with Crippen LogP contribution in [0, 0.1) is 13.8 Å². The van der Waals surface area contributed by atoms with Crippen molar-refractivity contribution >= 4 is 50.7 Å². The Labute approximate surface area is 253 Å². The summed E-state index contributed by atoms with van der Waals surface area (Å²) in [6.45, 7) is 7.76. The number of nitrogens with one attached hydrogen (secondary N) is 1. The summed E-state index contributed by atoms with van der Waals surface area (Å²) in [6, 6.07) is 17.6. The first-order chi connectivity index (χ1) is 19.5. The molecule has 0 fully saturated rings. The lowest BCUT2D eigenvalue weighted by molar-refractivity contribution is -0.140. The first-order valence-corrected chi connectivity index (χ1v) is 15.8. The van der Waals surface area contributed by atoms with Gasteiger partial charge in [-0.3, -0.25) is 13.9 Å². The van der Waals surface area contributed by atoms with Gasteiger partial charge in [-0.25, -0.2) is 8.42 Å². The number of carbonyl (C=O) groups is 2. The number of aryl methyl sites for hydroxylation is 2. The van der Waals surface area contributed by atoms with E-state index in [1.165, 1.54) is 35.2 Å². The Hall–Kier alpha value is -3.07. The highest BCUT2D eigenvalue weighted by atomic mass is 35.5. The maximum Gasteiger partial charge on any atom is 0.264 e. The molecule has 7 nitrogen and oxygen atoms in total. The highest BCUT2D eigenvalue weighted by Gasteiger charge is 2.34. The predicted molar refractivity (Wildman–Crippen MR) is 166 cm³/mol. The second kappa shape index (κ2) is 14.7. The van der Waals surface area contributed by atoms with E-state index in [-0.39, 0.29) is 33.1 Å². The molecule has 3 rings (SSSR count). The Kier molecular flexibility index (Phi) is 11.6. The summed E-state index contributed by atoms with van der Waals surface area (Å²) in [7, 11) is -4.20. The first-order valence-electron chi connectivity index (χ1n) is 13.7. The van der Waals surface area contributed by atoms with Crippen molar-refractivity contribution in [2.24, 2.45) is 0 Å². The van der Waals surface area contributed by atoms with Gasteiger partial charge < -0.3 is 10.2 Å². The molecular weight excluding hydrogens is 581 g/mol. The molecule has 0 aromatic heterocycles. The van der Waals surface area contributed by atoms with E-state index in [4.69, 9.17) is 23.2 Å². The Morgan fingerprint density at radius 1 is 0.927 bits per heavy atom. The highest BCUT2D eigenvalue weighted by Crippen LogP contribution is 2.31. The summed E-state index contributed by atoms with van der Waals surface area (Å²) < 4.78 is 28.9. The molecule has 1 atom stereocenters. The fourth-order valence-electron chi connectivity index (χ4n) is 4.40. The topological polar surface area (TPSA) is 86.8 Å². The van der Waals surface area contributed by atoms with E-state index >= 15 is 0 Å². The molecule has 0 bridgehead atoms. The summed E-state index contributed by atoms with van der Waals surface area (Å²) in [5.41, 5.74) is 2.90. The third-order valence-corrected chi connectivity index (χ3v) is 9.42. The fourth-order valence-corrected chi connectivity index (χ4v) is 6.10. The summed E-state index contributed by atoms with van der Waals surface area (Å²) in [5.74, 6) is -0.794. The molecule has 220 valence electrons. The molecule has 0 radical (unpaired) electrons. The molecule has 0 saturated carbocycles. The largest absolute Gasteiger partial charge is 0.354 e. The fraction of sp³-hybridized carbons (Fsp3) is 0.355. The van der Waals surface area contributed by atoms with E-state index in [9.17, 15) is 18.0 Å². The van der Waals surface area contributed by atoms with Gasteiger partial charge in [0.05, 0.1) is 20.6 Å². The van der Waals surface area contributed by atoms with Crippen LogP contribution in [0.3, 0.4) is 0 Å². The van der Waals surface area contributed by atoms with Gasteiger partial charge in [-0.05, 0) is 68.1 Å². The van der Waals surface area contributed by atoms with Crippen LogP contribution >= 0.6 is 23.2 Å². The molecule has 10 heteroatoms. The van der Waals surface area contributed by atoms with Gasteiger partial charge in [0, 0.05) is 13.1 Å². The Bertz CT molecular complexity index is 1460. The third kappa shape index (κ3) is 8.24. The maximum atomic E-state index is 14.1. The molecule has 0 aliphatic carbocycles. The molecule has 0 spiro atoms. The van der Waals surface area contributed by atoms with E-state index in [0.717, 1.165) is 33.8 Å². The van der Waals surface area contributed by atoms with E-state index in [2.05, 4.69) is 5.32 Å². The maximum absolute atomic E-state index is 14.1. The number of unbranched alkanes of at least 4 members (excludes halogenated alkanes) is 1. The number of nitrogens with zero attached hydrogens (tertiary/aromatic N) is 2. The molecule has 0 aliphatic heterocycles. The molecule has 41 heavy (non-hydrogen) atoms. The van der Waals surface area contributed by atoms with Crippen molar-refractivity contribution in [1.29, 1.82) is 0 Å². The summed E-state index contributed by atoms with van der Waals surface area (Å²) in [6.07, 6.45) is 2.08. The smallest absolute Gasteiger partial charge is 0.264 e. The van der Waals surface area contributed by atoms with Crippen LogP contribution in [0.4, 0.5) is 5.69 Å². The van der Waals surface area contributed by atoms with Crippen LogP contribution in [0.1, 0.15) is 49.8 Å². The van der Waals surface area contributed by atoms with Crippen molar-refractivity contribution in [2.75, 3.05) is 17.4 Å². The molecule has 0 unspecified atom stereocenters. The van der Waals surface area contributed by atoms with E-state index in [1.54, 1.807) is 12.1 Å². The van der Waals surface area contributed by atoms with E-state index in [0.29, 0.717) is 13.0 Å². The minimum Gasteiger partial charge on any atom is -0.354 e. The minimum absolute atomic E-state index is 0.0248. The van der Waals surface area contributed by atoms with Crippen LogP contribution in [-0.4, -0.2) is 44.3 Å². The number of hydrogen-bond donors (Lipinski definition) is 1. The van der Waals surface area contributed by atoms with Gasteiger partial charge in [0.25, 0.3) is 10.0 Å². The standard InChI is InChI=1S/C31H37Cl2N3O4S/c1-5-7-18-34-31(38)29(6-2)35(20-24-11-9-8-10-23(24)4)30(37)21-36(25-14-17-27(32)28(33)19-25)41(39,40)26-15-12-22(3)13-16-26/h8-17,19,29H,5-7,18,20-21H2,1-4H3,(H,34,38)/t29-/m0/s1. The van der Waals surface area contributed by atoms with Gasteiger partial charge in [-0.1, -0.05) is 85.4 Å². The average molecular weight is 619 g/mol. The molecule has 0 heterocycles. The number of hydrogen-bond acceptors (Lipinski definition) is 4. The number of sulfonamides is 1. The van der Waals surface area contributed by atoms with Crippen LogP contribution in [0.5, 0.6) is 0 Å². The summed E-state index contributed by atoms with van der Waals surface area (Å²) >= 11 is 12.4. The van der Waals surface area contributed by atoms with E-state index < -0.39 is 28.5 Å². The van der Waals surface area contributed by atoms with Crippen LogP contribution in [0.15, 0.2) is 71.6 Å². The summed E-state index contributed by atoms with van der Waals surface area (Å²) in [4.78, 5) is 28.9. The normalized spacial score (nSPS) is 12.0. The van der Waals surface area contributed by atoms with Crippen molar-refractivity contribution in [3.8, 4) is 0 Å². The average Bonchev–Trinajstić information content (AvgIpc) is 2.94. The van der Waals surface area contributed by atoms with Crippen molar-refractivity contribution in [1.82, 2.24) is 10.2 Å². The van der Waals surface area contributed by atoms with Crippen molar-refractivity contribution < 1.29 is 18.0 Å². The lowest BCUT2D eigenvalue weighted by atomic mass is 10.1. The molecule has 0 saturated heterocycles. The molecular formula is C31H37Cl2N3O4S. The molecule has 1 N–H and O–H groups in total. The van der Waals surface area contributed by atoms with Gasteiger partial charge in [0.1, 0.15) is 12.6 Å². The summed E-state index contributed by atoms with van der Waals surface area (Å²) in [5, 5.41) is 3.34. The second-order valence-electron chi connectivity index (χ2n) is 9.94. The quantitative estimate of drug-likeness (QED) is 0.221. The second-order valence-corrected chi connectivity index (χ2v) is 12.6. The number of amides is 2. The first kappa shape index (κ1) is 32.4. The van der Waals surface area contributed by atoms with Crippen LogP contribution in [0.2, 0.25) is 10.0 Å². The molecule has 2 amide bonds. The molecule has 3 aromatic carbocycles. The molecule has 3 aromatic rings. The Balaban J connectivity index is 2.07. The zero-order valence-corrected chi connectivity index (χ0v) is 26.2. The van der Waals surface area contributed by atoms with Gasteiger partial charge in [-0.2, -0.15) is 0 Å². The third-order valence-electron chi connectivity index (χ3n) is 6.90. The van der Waals surface area contributed by atoms with Crippen LogP contribution < -0.4 is 9.62 Å². The van der Waals surface area contributed by atoms with Gasteiger partial charge in [-0.15, -0.1) is 0 Å². The van der Waals surface area contributed by atoms with Crippen LogP contribution in [-0.2, 0) is 26.2 Å². The lowest BCUT2D eigenvalue weighted by Crippen LogP contribution is -2.52. The predicted octanol–water partition coefficient (Wildman–Crippen LogP) is 6.53. The zero-order valence-electron chi connectivity index (χ0n) is 23.9. The number of benzene rings is 3. The van der Waals surface area contributed by atoms with Crippen LogP contribution in [0.25, 0.3) is 0 Å². The number of rotatable bonds is 13. The number of halogens is 2. The van der Waals surface area contributed by atoms with Gasteiger partial charge in [0.2, 0.25) is 11.8 Å². The Morgan fingerprint density at radius 2 is 1.61 bits per heavy atom. The SMILES string of the molecule is CCCCNC(=O)[C@H](CC)N(Cc1ccccc1C)C(=O)CN(c1ccc(Cl)c(Cl)c1)S(=O)(=O)c1ccc(C)cc1. The van der Waals surface area contributed by atoms with E-state index in [1.807, 2.05) is 52.0 Å². The van der Waals surface area contributed by atoms with Crippen molar-refractivity contribution in [3.63, 3.8) is 0 Å². The minimum atomic E-state index is -4.20. The van der Waals surface area contributed by atoms with Gasteiger partial charge in [0.15, 0.2) is 0 Å². The monoisotopic (exact) mass is 617 g/mol. The van der Waals surface area contributed by atoms with Crippen molar-refractivity contribution in [3.05, 3.63) is 93.5 Å². The van der Waals surface area contributed by atoms with Gasteiger partial charge >= 0.3 is 0 Å². The highest BCUT2D eigenvalue weighted by molar-refractivity contribution is 7.92.